The van der Waals surface area contributed by atoms with E-state index >= 15 is 0 Å². The van der Waals surface area contributed by atoms with Crippen LogP contribution in [0, 0.1) is 0 Å². The molecule has 1 aromatic carbocycles. The van der Waals surface area contributed by atoms with E-state index in [-0.39, 0.29) is 36.5 Å². The number of carbonyl (C=O) groups excluding carboxylic acids is 3. The predicted molar refractivity (Wildman–Crippen MR) is 114 cm³/mol. The number of carbonyl (C=O) groups is 4. The maximum Gasteiger partial charge on any atom is 0.326 e. The van der Waals surface area contributed by atoms with Crippen molar-refractivity contribution in [3.05, 3.63) is 47.4 Å². The maximum atomic E-state index is 12.3. The van der Waals surface area contributed by atoms with Crippen molar-refractivity contribution in [2.24, 2.45) is 22.2 Å². The van der Waals surface area contributed by atoms with Gasteiger partial charge in [-0.25, -0.2) is 19.8 Å². The molecule has 1 atom stereocenters. The van der Waals surface area contributed by atoms with E-state index in [4.69, 9.17) is 17.2 Å². The molecule has 0 fully saturated rings. The zero-order valence-corrected chi connectivity index (χ0v) is 16.8. The highest BCUT2D eigenvalue weighted by Gasteiger charge is 2.21. The monoisotopic (exact) mass is 442 g/mol. The third-order valence-corrected chi connectivity index (χ3v) is 4.14. The number of nitrogens with two attached hydrogens (primary N) is 3. The second-order valence-electron chi connectivity index (χ2n) is 6.48. The molecule has 3 amide bonds. The number of nitrogens with one attached hydrogen (secondary N) is 2. The molecule has 32 heavy (non-hydrogen) atoms. The molecule has 1 unspecified atom stereocenters. The molecule has 2 aromatic rings. The number of rotatable bonds is 11. The number of nitrogens with zero attached hydrogens (tertiary/aromatic N) is 3. The number of benzene rings is 1. The van der Waals surface area contributed by atoms with Gasteiger partial charge in [0.2, 0.25) is 5.91 Å². The van der Waals surface area contributed by atoms with Crippen LogP contribution in [-0.2, 0) is 16.1 Å². The van der Waals surface area contributed by atoms with Gasteiger partial charge in [0.15, 0.2) is 11.5 Å². The van der Waals surface area contributed by atoms with Crippen molar-refractivity contribution in [2.75, 3.05) is 5.32 Å². The summed E-state index contributed by atoms with van der Waals surface area (Å²) in [7, 11) is 0. The second kappa shape index (κ2) is 11.0. The Hall–Kier alpha value is -4.55. The molecule has 13 heteroatoms. The normalized spacial score (nSPS) is 11.6. The highest BCUT2D eigenvalue weighted by molar-refractivity contribution is 5.97. The first-order valence-corrected chi connectivity index (χ1v) is 9.27. The fraction of sp³-hybridized carbons (Fsp3) is 0.211. The molecule has 0 radical (unpaired) electrons. The molecule has 168 valence electrons. The fourth-order valence-corrected chi connectivity index (χ4v) is 2.55. The molecule has 0 spiro atoms. The lowest BCUT2D eigenvalue weighted by molar-refractivity contribution is -0.139. The Kier molecular flexibility index (Phi) is 8.16. The number of amides is 3. The van der Waals surface area contributed by atoms with Crippen molar-refractivity contribution in [3.63, 3.8) is 0 Å². The summed E-state index contributed by atoms with van der Waals surface area (Å²) >= 11 is 0. The number of primary amides is 2. The number of aromatic nitrogens is 2. The van der Waals surface area contributed by atoms with Crippen molar-refractivity contribution in [2.45, 2.75) is 25.4 Å². The van der Waals surface area contributed by atoms with Crippen LogP contribution in [0.25, 0.3) is 0 Å². The number of carboxylic acids is 1. The van der Waals surface area contributed by atoms with Gasteiger partial charge in [0.05, 0.1) is 24.8 Å². The average Bonchev–Trinajstić information content (AvgIpc) is 2.75. The van der Waals surface area contributed by atoms with Crippen LogP contribution in [0.3, 0.4) is 0 Å². The summed E-state index contributed by atoms with van der Waals surface area (Å²) in [6.45, 7) is 0.194. The van der Waals surface area contributed by atoms with Gasteiger partial charge in [0, 0.05) is 17.7 Å². The van der Waals surface area contributed by atoms with Gasteiger partial charge in [-0.05, 0) is 30.7 Å². The van der Waals surface area contributed by atoms with Crippen LogP contribution in [0.5, 0.6) is 0 Å². The first-order valence-electron chi connectivity index (χ1n) is 9.27. The Morgan fingerprint density at radius 1 is 1.16 bits per heavy atom. The summed E-state index contributed by atoms with van der Waals surface area (Å²) in [6, 6.07) is 4.94. The van der Waals surface area contributed by atoms with E-state index in [1.165, 1.54) is 18.3 Å². The minimum absolute atomic E-state index is 0.00890. The molecule has 0 aliphatic rings. The van der Waals surface area contributed by atoms with Gasteiger partial charge in [-0.1, -0.05) is 0 Å². The molecule has 0 saturated carbocycles. The quantitative estimate of drug-likeness (QED) is 0.190. The van der Waals surface area contributed by atoms with Gasteiger partial charge in [0.25, 0.3) is 11.8 Å². The lowest BCUT2D eigenvalue weighted by Crippen LogP contribution is -2.41. The third kappa shape index (κ3) is 6.76. The van der Waals surface area contributed by atoms with E-state index < -0.39 is 29.7 Å². The van der Waals surface area contributed by atoms with Crippen LogP contribution in [0.1, 0.15) is 39.4 Å². The molecule has 9 N–H and O–H groups in total. The molecular formula is C19H22N8O5. The van der Waals surface area contributed by atoms with Gasteiger partial charge in [-0.15, -0.1) is 0 Å². The first kappa shape index (κ1) is 23.7. The second-order valence-corrected chi connectivity index (χ2v) is 6.48. The average molecular weight is 442 g/mol. The lowest BCUT2D eigenvalue weighted by atomic mass is 10.1. The van der Waals surface area contributed by atoms with Crippen LogP contribution in [0.15, 0.2) is 35.5 Å². The van der Waals surface area contributed by atoms with Crippen molar-refractivity contribution in [3.8, 4) is 0 Å². The summed E-state index contributed by atoms with van der Waals surface area (Å²) in [4.78, 5) is 57.7. The molecule has 0 aliphatic heterocycles. The van der Waals surface area contributed by atoms with Gasteiger partial charge in [-0.3, -0.25) is 14.4 Å². The van der Waals surface area contributed by atoms with Crippen LogP contribution in [0.2, 0.25) is 0 Å². The number of hydrogen-bond donors (Lipinski definition) is 6. The Bertz CT molecular complexity index is 1040. The van der Waals surface area contributed by atoms with E-state index in [9.17, 15) is 24.3 Å². The topological polar surface area (TPSA) is 229 Å². The highest BCUT2D eigenvalue weighted by atomic mass is 16.4. The number of carboxylic acid groups (broad SMARTS) is 1. The number of anilines is 1. The molecule has 0 bridgehead atoms. The fourth-order valence-electron chi connectivity index (χ4n) is 2.55. The van der Waals surface area contributed by atoms with Crippen LogP contribution < -0.4 is 27.8 Å². The predicted octanol–water partition coefficient (Wildman–Crippen LogP) is -0.745. The summed E-state index contributed by atoms with van der Waals surface area (Å²) in [5, 5.41) is 14.6. The van der Waals surface area contributed by atoms with Crippen molar-refractivity contribution >= 4 is 41.5 Å². The third-order valence-electron chi connectivity index (χ3n) is 4.14. The minimum Gasteiger partial charge on any atom is -0.480 e. The smallest absolute Gasteiger partial charge is 0.326 e. The number of hydrogen-bond acceptors (Lipinski definition) is 8. The largest absolute Gasteiger partial charge is 0.480 e. The van der Waals surface area contributed by atoms with E-state index in [1.54, 1.807) is 12.1 Å². The standard InChI is InChI=1S/C19H22N8O5/c20-9-25-17-15(16(22)29)26-12(8-24-17)7-23-11-3-1-10(2-4-11)18(30)27-13(19(31)32)5-6-14(21)28/h1-4,8-9,13,23H,5-7H2,(H2,21,28)(H2,22,29)(H,27,30)(H,31,32)(H2,20,24,25). The maximum absolute atomic E-state index is 12.3. The molecule has 0 saturated heterocycles. The van der Waals surface area contributed by atoms with E-state index in [1.807, 2.05) is 0 Å². The van der Waals surface area contributed by atoms with Crippen molar-refractivity contribution in [1.82, 2.24) is 15.3 Å². The molecule has 0 aliphatic carbocycles. The molecule has 1 heterocycles. The summed E-state index contributed by atoms with van der Waals surface area (Å²) in [6.07, 6.45) is 2.10. The van der Waals surface area contributed by atoms with E-state index in [2.05, 4.69) is 25.6 Å². The zero-order valence-electron chi connectivity index (χ0n) is 16.8. The van der Waals surface area contributed by atoms with Gasteiger partial charge in [-0.2, -0.15) is 0 Å². The Labute approximate surface area is 182 Å². The summed E-state index contributed by atoms with van der Waals surface area (Å²) in [5.41, 5.74) is 16.6. The highest BCUT2D eigenvalue weighted by Crippen LogP contribution is 2.15. The minimum atomic E-state index is -1.27. The Morgan fingerprint density at radius 3 is 2.41 bits per heavy atom. The van der Waals surface area contributed by atoms with Crippen LogP contribution in [-0.4, -0.2) is 51.1 Å². The van der Waals surface area contributed by atoms with E-state index in [0.29, 0.717) is 11.4 Å². The zero-order chi connectivity index (χ0) is 23.7. The number of aliphatic carboxylic acids is 1. The van der Waals surface area contributed by atoms with Gasteiger partial charge < -0.3 is 32.9 Å². The van der Waals surface area contributed by atoms with Crippen LogP contribution >= 0.6 is 0 Å². The van der Waals surface area contributed by atoms with Crippen molar-refractivity contribution in [1.29, 1.82) is 0 Å². The van der Waals surface area contributed by atoms with Crippen molar-refractivity contribution < 1.29 is 24.3 Å². The first-order chi connectivity index (χ1) is 15.2. The molecule has 1 aromatic heterocycles. The van der Waals surface area contributed by atoms with E-state index in [0.717, 1.165) is 6.34 Å². The van der Waals surface area contributed by atoms with Gasteiger partial charge >= 0.3 is 5.97 Å². The summed E-state index contributed by atoms with van der Waals surface area (Å²) < 4.78 is 0. The van der Waals surface area contributed by atoms with Gasteiger partial charge in [0.1, 0.15) is 6.04 Å². The Balaban J connectivity index is 2.01. The van der Waals surface area contributed by atoms with Crippen LogP contribution in [0.4, 0.5) is 11.5 Å². The molecule has 13 nitrogen and oxygen atoms in total. The molecular weight excluding hydrogens is 420 g/mol. The molecule has 2 rings (SSSR count). The lowest BCUT2D eigenvalue weighted by Gasteiger charge is -2.14. The number of aliphatic imine (C=N–C) groups is 1. The SMILES string of the molecule is NC=Nc1ncc(CNc2ccc(C(=O)NC(CCC(N)=O)C(=O)O)cc2)nc1C(N)=O. The Morgan fingerprint density at radius 2 is 1.84 bits per heavy atom. The summed E-state index contributed by atoms with van der Waals surface area (Å²) in [5.74, 6) is -3.32.